The van der Waals surface area contributed by atoms with E-state index in [-0.39, 0.29) is 17.2 Å². The third-order valence-electron chi connectivity index (χ3n) is 2.69. The van der Waals surface area contributed by atoms with Crippen LogP contribution in [-0.4, -0.2) is 13.2 Å². The Morgan fingerprint density at radius 1 is 1.31 bits per heavy atom. The van der Waals surface area contributed by atoms with Crippen LogP contribution in [0.2, 0.25) is 0 Å². The topological polar surface area (TPSA) is 35.2 Å². The Morgan fingerprint density at radius 3 is 2.50 bits per heavy atom. The Balaban J connectivity index is 2.92. The monoisotopic (exact) mass is 229 g/mol. The van der Waals surface area contributed by atoms with E-state index in [1.54, 1.807) is 7.11 Å². The molecule has 1 rings (SSSR count). The van der Waals surface area contributed by atoms with Gasteiger partial charge in [-0.3, -0.25) is 0 Å². The van der Waals surface area contributed by atoms with Gasteiger partial charge >= 0.3 is 0 Å². The maximum absolute atomic E-state index is 13.6. The molecule has 0 aliphatic rings. The lowest BCUT2D eigenvalue weighted by atomic mass is 10.00. The second-order valence-corrected chi connectivity index (χ2v) is 3.99. The van der Waals surface area contributed by atoms with E-state index in [1.165, 1.54) is 19.1 Å². The lowest BCUT2D eigenvalue weighted by molar-refractivity contribution is 0.104. The van der Waals surface area contributed by atoms with Crippen molar-refractivity contribution in [2.75, 3.05) is 7.11 Å². The lowest BCUT2D eigenvalue weighted by Crippen LogP contribution is -2.19. The standard InChI is InChI=1S/C12H17F2NO/c1-7-4-5-9(12(14)11(7)13)10(15)6-8(2)16-3/h4-5,8,10H,6,15H2,1-3H3. The van der Waals surface area contributed by atoms with Crippen molar-refractivity contribution in [1.82, 2.24) is 0 Å². The summed E-state index contributed by atoms with van der Waals surface area (Å²) in [5.41, 5.74) is 6.29. The van der Waals surface area contributed by atoms with Gasteiger partial charge in [0.05, 0.1) is 6.10 Å². The van der Waals surface area contributed by atoms with Gasteiger partial charge in [0.15, 0.2) is 11.6 Å². The molecule has 0 aromatic heterocycles. The number of hydrogen-bond acceptors (Lipinski definition) is 2. The first-order chi connectivity index (χ1) is 7.47. The molecule has 0 spiro atoms. The molecule has 0 fully saturated rings. The Kier molecular flexibility index (Phi) is 4.38. The number of nitrogens with two attached hydrogens (primary N) is 1. The van der Waals surface area contributed by atoms with Crippen LogP contribution in [0.4, 0.5) is 8.78 Å². The van der Waals surface area contributed by atoms with Crippen molar-refractivity contribution in [3.63, 3.8) is 0 Å². The van der Waals surface area contributed by atoms with Gasteiger partial charge in [0.2, 0.25) is 0 Å². The van der Waals surface area contributed by atoms with E-state index < -0.39 is 17.7 Å². The Hall–Kier alpha value is -1.00. The van der Waals surface area contributed by atoms with E-state index >= 15 is 0 Å². The number of rotatable bonds is 4. The molecule has 90 valence electrons. The minimum atomic E-state index is -0.851. The second kappa shape index (κ2) is 5.37. The maximum atomic E-state index is 13.6. The van der Waals surface area contributed by atoms with Crippen LogP contribution in [0.3, 0.4) is 0 Å². The summed E-state index contributed by atoms with van der Waals surface area (Å²) in [6.45, 7) is 3.35. The first-order valence-electron chi connectivity index (χ1n) is 5.20. The fraction of sp³-hybridized carbons (Fsp3) is 0.500. The van der Waals surface area contributed by atoms with Gasteiger partial charge in [-0.25, -0.2) is 8.78 Å². The predicted molar refractivity (Wildman–Crippen MR) is 59.1 cm³/mol. The zero-order chi connectivity index (χ0) is 12.3. The second-order valence-electron chi connectivity index (χ2n) is 3.99. The molecule has 2 atom stereocenters. The van der Waals surface area contributed by atoms with Crippen molar-refractivity contribution in [2.24, 2.45) is 5.73 Å². The molecule has 4 heteroatoms. The predicted octanol–water partition coefficient (Wildman–Crippen LogP) is 2.70. The van der Waals surface area contributed by atoms with Gasteiger partial charge in [0, 0.05) is 18.7 Å². The summed E-state index contributed by atoms with van der Waals surface area (Å²) in [4.78, 5) is 0. The minimum absolute atomic E-state index is 0.0845. The molecule has 0 aliphatic heterocycles. The Labute approximate surface area is 94.4 Å². The fourth-order valence-electron chi connectivity index (χ4n) is 1.53. The van der Waals surface area contributed by atoms with E-state index in [9.17, 15) is 8.78 Å². The summed E-state index contributed by atoms with van der Waals surface area (Å²) in [5, 5.41) is 0. The third-order valence-corrected chi connectivity index (χ3v) is 2.69. The number of ether oxygens (including phenoxy) is 1. The van der Waals surface area contributed by atoms with Crippen LogP contribution < -0.4 is 5.73 Å². The largest absolute Gasteiger partial charge is 0.382 e. The molecule has 0 radical (unpaired) electrons. The average molecular weight is 229 g/mol. The van der Waals surface area contributed by atoms with Crippen LogP contribution in [-0.2, 0) is 4.74 Å². The molecule has 1 aromatic carbocycles. The summed E-state index contributed by atoms with van der Waals surface area (Å²) in [6.07, 6.45) is 0.370. The van der Waals surface area contributed by atoms with Gasteiger partial charge < -0.3 is 10.5 Å². The van der Waals surface area contributed by atoms with Gasteiger partial charge in [-0.15, -0.1) is 0 Å². The number of hydrogen-bond donors (Lipinski definition) is 1. The average Bonchev–Trinajstić information content (AvgIpc) is 2.25. The zero-order valence-corrected chi connectivity index (χ0v) is 9.76. The van der Waals surface area contributed by atoms with Gasteiger partial charge in [-0.2, -0.15) is 0 Å². The van der Waals surface area contributed by atoms with Crippen LogP contribution in [0, 0.1) is 18.6 Å². The fourth-order valence-corrected chi connectivity index (χ4v) is 1.53. The molecule has 0 bridgehead atoms. The summed E-state index contributed by atoms with van der Waals surface area (Å²) < 4.78 is 31.9. The highest BCUT2D eigenvalue weighted by Gasteiger charge is 2.18. The van der Waals surface area contributed by atoms with Crippen molar-refractivity contribution in [3.05, 3.63) is 34.9 Å². The highest BCUT2D eigenvalue weighted by Crippen LogP contribution is 2.23. The molecule has 2 nitrogen and oxygen atoms in total. The molecular weight excluding hydrogens is 212 g/mol. The molecule has 16 heavy (non-hydrogen) atoms. The zero-order valence-electron chi connectivity index (χ0n) is 9.76. The van der Waals surface area contributed by atoms with E-state index in [2.05, 4.69) is 0 Å². The smallest absolute Gasteiger partial charge is 0.163 e. The molecule has 0 amide bonds. The molecule has 0 saturated heterocycles. The van der Waals surface area contributed by atoms with Gasteiger partial charge in [-0.05, 0) is 25.8 Å². The quantitative estimate of drug-likeness (QED) is 0.861. The van der Waals surface area contributed by atoms with E-state index in [4.69, 9.17) is 10.5 Å². The summed E-state index contributed by atoms with van der Waals surface area (Å²) in [5.74, 6) is -1.67. The summed E-state index contributed by atoms with van der Waals surface area (Å²) in [6, 6.07) is 2.51. The number of aryl methyl sites for hydroxylation is 1. The molecule has 0 heterocycles. The maximum Gasteiger partial charge on any atom is 0.163 e. The van der Waals surface area contributed by atoms with Gasteiger partial charge in [-0.1, -0.05) is 12.1 Å². The molecular formula is C12H17F2NO. The summed E-state index contributed by atoms with van der Waals surface area (Å²) in [7, 11) is 1.56. The van der Waals surface area contributed by atoms with Gasteiger partial charge in [0.1, 0.15) is 0 Å². The van der Waals surface area contributed by atoms with E-state index in [1.807, 2.05) is 6.92 Å². The third kappa shape index (κ3) is 2.77. The molecule has 2 unspecified atom stereocenters. The molecule has 0 saturated carbocycles. The van der Waals surface area contributed by atoms with Crippen LogP contribution in [0.25, 0.3) is 0 Å². The van der Waals surface area contributed by atoms with Crippen molar-refractivity contribution >= 4 is 0 Å². The van der Waals surface area contributed by atoms with Crippen LogP contribution in [0.15, 0.2) is 12.1 Å². The van der Waals surface area contributed by atoms with Crippen molar-refractivity contribution in [1.29, 1.82) is 0 Å². The Morgan fingerprint density at radius 2 is 1.94 bits per heavy atom. The lowest BCUT2D eigenvalue weighted by Gasteiger charge is -2.17. The highest BCUT2D eigenvalue weighted by atomic mass is 19.2. The highest BCUT2D eigenvalue weighted by molar-refractivity contribution is 5.27. The molecule has 0 aliphatic carbocycles. The molecule has 2 N–H and O–H groups in total. The minimum Gasteiger partial charge on any atom is -0.382 e. The van der Waals surface area contributed by atoms with Crippen LogP contribution in [0.1, 0.15) is 30.5 Å². The van der Waals surface area contributed by atoms with Crippen LogP contribution >= 0.6 is 0 Å². The van der Waals surface area contributed by atoms with Crippen molar-refractivity contribution in [3.8, 4) is 0 Å². The number of benzene rings is 1. The first kappa shape index (κ1) is 13.1. The Bertz CT molecular complexity index is 368. The number of halogens is 2. The normalized spacial score (nSPS) is 14.9. The van der Waals surface area contributed by atoms with E-state index in [0.29, 0.717) is 6.42 Å². The van der Waals surface area contributed by atoms with Crippen molar-refractivity contribution < 1.29 is 13.5 Å². The van der Waals surface area contributed by atoms with Crippen LogP contribution in [0.5, 0.6) is 0 Å². The SMILES string of the molecule is COC(C)CC(N)c1ccc(C)c(F)c1F. The summed E-state index contributed by atoms with van der Waals surface area (Å²) >= 11 is 0. The molecule has 1 aromatic rings. The van der Waals surface area contributed by atoms with E-state index in [0.717, 1.165) is 0 Å². The van der Waals surface area contributed by atoms with Gasteiger partial charge in [0.25, 0.3) is 0 Å². The number of methoxy groups -OCH3 is 1. The van der Waals surface area contributed by atoms with Crippen molar-refractivity contribution in [2.45, 2.75) is 32.4 Å². The first-order valence-corrected chi connectivity index (χ1v) is 5.20.